The first-order chi connectivity index (χ1) is 8.54. The summed E-state index contributed by atoms with van der Waals surface area (Å²) >= 11 is 0. The molecule has 0 saturated heterocycles. The Kier molecular flexibility index (Phi) is 5.17. The molecule has 18 heavy (non-hydrogen) atoms. The number of ether oxygens (including phenoxy) is 2. The van der Waals surface area contributed by atoms with Crippen LogP contribution in [-0.2, 0) is 14.3 Å². The number of hydrogen-bond acceptors (Lipinski definition) is 4. The van der Waals surface area contributed by atoms with Gasteiger partial charge in [-0.25, -0.2) is 4.79 Å². The predicted molar refractivity (Wildman–Crippen MR) is 66.2 cm³/mol. The molecule has 1 aromatic carbocycles. The molecular formula is C13H17NO4. The van der Waals surface area contributed by atoms with Gasteiger partial charge in [0.15, 0.2) is 6.10 Å². The van der Waals surface area contributed by atoms with Crippen LogP contribution in [-0.4, -0.2) is 31.1 Å². The van der Waals surface area contributed by atoms with E-state index < -0.39 is 18.1 Å². The van der Waals surface area contributed by atoms with Crippen molar-refractivity contribution in [2.75, 3.05) is 7.11 Å². The first kappa shape index (κ1) is 14.0. The summed E-state index contributed by atoms with van der Waals surface area (Å²) in [4.78, 5) is 22.9. The summed E-state index contributed by atoms with van der Waals surface area (Å²) in [6, 6.07) is 8.32. The molecule has 0 aliphatic rings. The first-order valence-corrected chi connectivity index (χ1v) is 5.64. The third kappa shape index (κ3) is 4.08. The summed E-state index contributed by atoms with van der Waals surface area (Å²) in [5.41, 5.74) is 0. The highest BCUT2D eigenvalue weighted by Crippen LogP contribution is 2.10. The second kappa shape index (κ2) is 6.64. The zero-order chi connectivity index (χ0) is 13.5. The molecule has 0 aromatic heterocycles. The van der Waals surface area contributed by atoms with Gasteiger partial charge in [-0.2, -0.15) is 0 Å². The fourth-order valence-electron chi connectivity index (χ4n) is 1.32. The number of para-hydroxylation sites is 1. The van der Waals surface area contributed by atoms with E-state index in [1.54, 1.807) is 26.0 Å². The normalized spacial score (nSPS) is 13.3. The van der Waals surface area contributed by atoms with Gasteiger partial charge in [0.05, 0.1) is 7.11 Å². The highest BCUT2D eigenvalue weighted by Gasteiger charge is 2.20. The molecule has 0 saturated carbocycles. The van der Waals surface area contributed by atoms with E-state index in [0.717, 1.165) is 0 Å². The second-order valence-electron chi connectivity index (χ2n) is 3.83. The number of rotatable bonds is 5. The lowest BCUT2D eigenvalue weighted by Crippen LogP contribution is -2.45. The van der Waals surface area contributed by atoms with Crippen molar-refractivity contribution in [3.63, 3.8) is 0 Å². The maximum absolute atomic E-state index is 11.7. The van der Waals surface area contributed by atoms with Crippen molar-refractivity contribution in [3.05, 3.63) is 30.3 Å². The third-order valence-corrected chi connectivity index (χ3v) is 2.34. The van der Waals surface area contributed by atoms with E-state index in [0.29, 0.717) is 5.75 Å². The van der Waals surface area contributed by atoms with Crippen molar-refractivity contribution in [2.24, 2.45) is 0 Å². The number of amides is 1. The number of carbonyl (C=O) groups is 2. The Bertz CT molecular complexity index is 405. The smallest absolute Gasteiger partial charge is 0.328 e. The van der Waals surface area contributed by atoms with Crippen molar-refractivity contribution >= 4 is 11.9 Å². The fourth-order valence-corrected chi connectivity index (χ4v) is 1.32. The highest BCUT2D eigenvalue weighted by molar-refractivity contribution is 5.86. The van der Waals surface area contributed by atoms with Crippen LogP contribution in [0.15, 0.2) is 30.3 Å². The Morgan fingerprint density at radius 1 is 1.17 bits per heavy atom. The summed E-state index contributed by atoms with van der Waals surface area (Å²) in [6.07, 6.45) is -0.681. The number of hydrogen-bond donors (Lipinski definition) is 1. The minimum absolute atomic E-state index is 0.364. The molecule has 0 bridgehead atoms. The molecule has 5 heteroatoms. The Labute approximate surface area is 106 Å². The van der Waals surface area contributed by atoms with Crippen LogP contribution in [0.25, 0.3) is 0 Å². The van der Waals surface area contributed by atoms with Crippen molar-refractivity contribution < 1.29 is 19.1 Å². The van der Waals surface area contributed by atoms with E-state index in [1.165, 1.54) is 7.11 Å². The molecule has 98 valence electrons. The maximum atomic E-state index is 11.7. The quantitative estimate of drug-likeness (QED) is 0.797. The number of methoxy groups -OCH3 is 1. The molecule has 2 atom stereocenters. The number of benzene rings is 1. The Morgan fingerprint density at radius 3 is 2.33 bits per heavy atom. The molecular weight excluding hydrogens is 234 g/mol. The van der Waals surface area contributed by atoms with Crippen LogP contribution < -0.4 is 10.1 Å². The lowest BCUT2D eigenvalue weighted by Gasteiger charge is -2.17. The van der Waals surface area contributed by atoms with E-state index in [9.17, 15) is 9.59 Å². The molecule has 0 radical (unpaired) electrons. The Hall–Kier alpha value is -2.04. The SMILES string of the molecule is COC(=O)C(C)NC(=O)C(C)Oc1ccccc1. The standard InChI is InChI=1S/C13H17NO4/c1-9(13(16)17-3)14-12(15)10(2)18-11-7-5-4-6-8-11/h4-10H,1-3H3,(H,14,15). The zero-order valence-electron chi connectivity index (χ0n) is 10.7. The summed E-state index contributed by atoms with van der Waals surface area (Å²) in [7, 11) is 1.27. The van der Waals surface area contributed by atoms with Crippen molar-refractivity contribution in [1.82, 2.24) is 5.32 Å². The lowest BCUT2D eigenvalue weighted by atomic mass is 10.3. The molecule has 0 aliphatic carbocycles. The minimum atomic E-state index is -0.690. The van der Waals surface area contributed by atoms with Gasteiger partial charge in [0.1, 0.15) is 11.8 Å². The van der Waals surface area contributed by atoms with Crippen LogP contribution in [0, 0.1) is 0 Å². The molecule has 1 aromatic rings. The monoisotopic (exact) mass is 251 g/mol. The molecule has 0 heterocycles. The van der Waals surface area contributed by atoms with Gasteiger partial charge in [0.25, 0.3) is 5.91 Å². The fraction of sp³-hybridized carbons (Fsp3) is 0.385. The van der Waals surface area contributed by atoms with E-state index in [1.807, 2.05) is 18.2 Å². The average Bonchev–Trinajstić information content (AvgIpc) is 2.38. The minimum Gasteiger partial charge on any atom is -0.481 e. The molecule has 1 N–H and O–H groups in total. The topological polar surface area (TPSA) is 64.6 Å². The van der Waals surface area contributed by atoms with Crippen LogP contribution in [0.1, 0.15) is 13.8 Å². The average molecular weight is 251 g/mol. The number of carbonyl (C=O) groups excluding carboxylic acids is 2. The molecule has 2 unspecified atom stereocenters. The van der Waals surface area contributed by atoms with Crippen molar-refractivity contribution in [3.8, 4) is 5.75 Å². The van der Waals surface area contributed by atoms with E-state index in [-0.39, 0.29) is 5.91 Å². The van der Waals surface area contributed by atoms with Gasteiger partial charge in [-0.1, -0.05) is 18.2 Å². The Balaban J connectivity index is 2.49. The highest BCUT2D eigenvalue weighted by atomic mass is 16.5. The number of nitrogens with one attached hydrogen (secondary N) is 1. The van der Waals surface area contributed by atoms with Crippen molar-refractivity contribution in [1.29, 1.82) is 0 Å². The van der Waals surface area contributed by atoms with Gasteiger partial charge in [-0.3, -0.25) is 4.79 Å². The van der Waals surface area contributed by atoms with Crippen molar-refractivity contribution in [2.45, 2.75) is 26.0 Å². The Morgan fingerprint density at radius 2 is 1.78 bits per heavy atom. The molecule has 0 spiro atoms. The third-order valence-electron chi connectivity index (χ3n) is 2.34. The van der Waals surface area contributed by atoms with Crippen LogP contribution in [0.5, 0.6) is 5.75 Å². The second-order valence-corrected chi connectivity index (χ2v) is 3.83. The number of esters is 1. The summed E-state index contributed by atoms with van der Waals surface area (Å²) in [6.45, 7) is 3.17. The molecule has 5 nitrogen and oxygen atoms in total. The largest absolute Gasteiger partial charge is 0.481 e. The van der Waals surface area contributed by atoms with Crippen LogP contribution in [0.2, 0.25) is 0 Å². The molecule has 1 rings (SSSR count). The predicted octanol–water partition coefficient (Wildman–Crippen LogP) is 1.13. The van der Waals surface area contributed by atoms with Gasteiger partial charge >= 0.3 is 5.97 Å². The van der Waals surface area contributed by atoms with E-state index in [4.69, 9.17) is 4.74 Å². The van der Waals surface area contributed by atoms with Gasteiger partial charge in [0.2, 0.25) is 0 Å². The van der Waals surface area contributed by atoms with Gasteiger partial charge < -0.3 is 14.8 Å². The van der Waals surface area contributed by atoms with E-state index >= 15 is 0 Å². The molecule has 0 aliphatic heterocycles. The van der Waals surface area contributed by atoms with Gasteiger partial charge in [-0.15, -0.1) is 0 Å². The summed E-state index contributed by atoms with van der Waals surface area (Å²) in [5, 5.41) is 2.51. The van der Waals surface area contributed by atoms with Crippen LogP contribution in [0.3, 0.4) is 0 Å². The summed E-state index contributed by atoms with van der Waals surface area (Å²) in [5.74, 6) is -0.252. The van der Waals surface area contributed by atoms with E-state index in [2.05, 4.69) is 10.1 Å². The lowest BCUT2D eigenvalue weighted by molar-refractivity contribution is -0.145. The first-order valence-electron chi connectivity index (χ1n) is 5.64. The van der Waals surface area contributed by atoms with Crippen LogP contribution >= 0.6 is 0 Å². The van der Waals surface area contributed by atoms with Crippen LogP contribution in [0.4, 0.5) is 0 Å². The maximum Gasteiger partial charge on any atom is 0.328 e. The molecule has 1 amide bonds. The van der Waals surface area contributed by atoms with Gasteiger partial charge in [0, 0.05) is 0 Å². The zero-order valence-corrected chi connectivity index (χ0v) is 10.7. The van der Waals surface area contributed by atoms with Gasteiger partial charge in [-0.05, 0) is 26.0 Å². The molecule has 0 fully saturated rings. The summed E-state index contributed by atoms with van der Waals surface area (Å²) < 4.78 is 9.94.